The first kappa shape index (κ1) is 27.0. The molecule has 1 aliphatic rings. The Hall–Kier alpha value is -4.59. The molecule has 4 heterocycles. The van der Waals surface area contributed by atoms with Crippen LogP contribution in [0, 0.1) is 12.7 Å². The lowest BCUT2D eigenvalue weighted by molar-refractivity contribution is -0.265. The standard InChI is InChI=1S/C26H22F4N6O4/c1-13-7-8-36-21(34-13)16(10-33-36)22(37)32-11-25(39,26(28,29)30)18-9-17-20(40-12-24(17,2)23(31)38)19(35-18)14-3-5-15(27)6-4-14/h3-10,39H,11-12H2,1-2H3,(H2,31,38)(H,32,37)/t24-,25?/m0/s1. The number of nitrogens with zero attached hydrogens (tertiary/aromatic N) is 4. The number of pyridine rings is 1. The van der Waals surface area contributed by atoms with Crippen molar-refractivity contribution in [2.24, 2.45) is 5.73 Å². The summed E-state index contributed by atoms with van der Waals surface area (Å²) in [5, 5.41) is 17.2. The number of halogens is 4. The van der Waals surface area contributed by atoms with Crippen molar-refractivity contribution in [3.8, 4) is 17.0 Å². The van der Waals surface area contributed by atoms with Gasteiger partial charge in [0.2, 0.25) is 11.5 Å². The largest absolute Gasteiger partial charge is 0.489 e. The Morgan fingerprint density at radius 1 is 1.20 bits per heavy atom. The Labute approximate surface area is 223 Å². The SMILES string of the molecule is Cc1ccn2ncc(C(=O)NCC(O)(c3cc4c(c(-c5ccc(F)cc5)n3)OC[C@]4(C)C(N)=O)C(F)(F)F)c2n1. The number of nitrogens with two attached hydrogens (primary N) is 1. The number of hydrogen-bond donors (Lipinski definition) is 3. The number of amides is 2. The second-order valence-electron chi connectivity index (χ2n) is 9.66. The smallest absolute Gasteiger partial charge is 0.424 e. The van der Waals surface area contributed by atoms with E-state index >= 15 is 0 Å². The molecule has 0 fully saturated rings. The molecule has 0 spiro atoms. The zero-order chi connectivity index (χ0) is 29.0. The Balaban J connectivity index is 1.60. The maximum atomic E-state index is 14.5. The number of aryl methyl sites for hydroxylation is 1. The molecule has 4 aromatic rings. The fourth-order valence-corrected chi connectivity index (χ4v) is 4.36. The van der Waals surface area contributed by atoms with Crippen LogP contribution in [-0.4, -0.2) is 55.8 Å². The Morgan fingerprint density at radius 2 is 1.90 bits per heavy atom. The van der Waals surface area contributed by atoms with Gasteiger partial charge in [-0.1, -0.05) is 0 Å². The minimum Gasteiger partial charge on any atom is -0.489 e. The molecular formula is C26H22F4N6O4. The summed E-state index contributed by atoms with van der Waals surface area (Å²) < 4.78 is 64.1. The first-order valence-electron chi connectivity index (χ1n) is 11.9. The molecule has 0 saturated carbocycles. The first-order valence-corrected chi connectivity index (χ1v) is 11.9. The Kier molecular flexibility index (Phi) is 6.25. The fraction of sp³-hybridized carbons (Fsp3) is 0.269. The molecule has 5 rings (SSSR count). The van der Waals surface area contributed by atoms with Crippen LogP contribution in [0.15, 0.2) is 48.8 Å². The third-order valence-electron chi connectivity index (χ3n) is 6.88. The molecule has 1 unspecified atom stereocenters. The summed E-state index contributed by atoms with van der Waals surface area (Å²) in [4.78, 5) is 33.5. The van der Waals surface area contributed by atoms with Gasteiger partial charge in [0.15, 0.2) is 5.65 Å². The van der Waals surface area contributed by atoms with E-state index < -0.39 is 47.1 Å². The number of carbonyl (C=O) groups is 2. The summed E-state index contributed by atoms with van der Waals surface area (Å²) in [6, 6.07) is 7.19. The highest BCUT2D eigenvalue weighted by molar-refractivity contribution is 5.99. The van der Waals surface area contributed by atoms with Crippen LogP contribution >= 0.6 is 0 Å². The Morgan fingerprint density at radius 3 is 2.55 bits per heavy atom. The monoisotopic (exact) mass is 558 g/mol. The molecule has 2 amide bonds. The molecule has 1 aromatic carbocycles. The van der Waals surface area contributed by atoms with Gasteiger partial charge in [0.05, 0.1) is 18.4 Å². The normalized spacial score (nSPS) is 18.2. The number of aliphatic hydroxyl groups is 1. The zero-order valence-corrected chi connectivity index (χ0v) is 21.1. The van der Waals surface area contributed by atoms with Gasteiger partial charge < -0.3 is 20.9 Å². The topological polar surface area (TPSA) is 145 Å². The number of alkyl halides is 3. The number of primary amides is 1. The van der Waals surface area contributed by atoms with Crippen molar-refractivity contribution in [1.82, 2.24) is 24.9 Å². The van der Waals surface area contributed by atoms with Crippen LogP contribution in [0.1, 0.15) is 34.2 Å². The highest BCUT2D eigenvalue weighted by atomic mass is 19.4. The minimum absolute atomic E-state index is 0.0296. The van der Waals surface area contributed by atoms with Gasteiger partial charge in [-0.3, -0.25) is 9.59 Å². The molecule has 0 bridgehead atoms. The predicted molar refractivity (Wildman–Crippen MR) is 132 cm³/mol. The van der Waals surface area contributed by atoms with E-state index in [1.165, 1.54) is 29.8 Å². The molecule has 1 aliphatic heterocycles. The van der Waals surface area contributed by atoms with Gasteiger partial charge in [-0.2, -0.15) is 18.3 Å². The van der Waals surface area contributed by atoms with Crippen molar-refractivity contribution in [2.45, 2.75) is 31.0 Å². The molecule has 208 valence electrons. The number of aromatic nitrogens is 4. The van der Waals surface area contributed by atoms with Crippen molar-refractivity contribution in [1.29, 1.82) is 0 Å². The molecule has 0 saturated heterocycles. The number of hydrogen-bond acceptors (Lipinski definition) is 7. The minimum atomic E-state index is -5.35. The van der Waals surface area contributed by atoms with Gasteiger partial charge in [0.1, 0.15) is 34.8 Å². The number of benzene rings is 1. The lowest BCUT2D eigenvalue weighted by atomic mass is 9.81. The van der Waals surface area contributed by atoms with E-state index in [0.29, 0.717) is 5.69 Å². The van der Waals surface area contributed by atoms with Crippen LogP contribution in [0.25, 0.3) is 16.9 Å². The van der Waals surface area contributed by atoms with Crippen LogP contribution in [-0.2, 0) is 15.8 Å². The van der Waals surface area contributed by atoms with E-state index in [9.17, 15) is 32.3 Å². The lowest BCUT2D eigenvalue weighted by Crippen LogP contribution is -2.51. The second-order valence-corrected chi connectivity index (χ2v) is 9.66. The summed E-state index contributed by atoms with van der Waals surface area (Å²) in [5.74, 6) is -2.49. The van der Waals surface area contributed by atoms with Crippen molar-refractivity contribution >= 4 is 17.5 Å². The summed E-state index contributed by atoms with van der Waals surface area (Å²) in [5.41, 5.74) is -0.153. The predicted octanol–water partition coefficient (Wildman–Crippen LogP) is 2.55. The van der Waals surface area contributed by atoms with E-state index in [4.69, 9.17) is 10.5 Å². The van der Waals surface area contributed by atoms with E-state index in [0.717, 1.165) is 24.4 Å². The number of rotatable bonds is 6. The quantitative estimate of drug-likeness (QED) is 0.309. The summed E-state index contributed by atoms with van der Waals surface area (Å²) >= 11 is 0. The fourth-order valence-electron chi connectivity index (χ4n) is 4.36. The molecular weight excluding hydrogens is 536 g/mol. The van der Waals surface area contributed by atoms with Crippen LogP contribution in [0.4, 0.5) is 17.6 Å². The average Bonchev–Trinajstić information content (AvgIpc) is 3.48. The van der Waals surface area contributed by atoms with Crippen LogP contribution in [0.3, 0.4) is 0 Å². The average molecular weight is 558 g/mol. The van der Waals surface area contributed by atoms with E-state index in [1.54, 1.807) is 13.0 Å². The van der Waals surface area contributed by atoms with Crippen LogP contribution in [0.2, 0.25) is 0 Å². The third-order valence-corrected chi connectivity index (χ3v) is 6.88. The maximum absolute atomic E-state index is 14.5. The first-order chi connectivity index (χ1) is 18.7. The molecule has 4 N–H and O–H groups in total. The molecule has 14 heteroatoms. The lowest BCUT2D eigenvalue weighted by Gasteiger charge is -2.31. The molecule has 2 atom stereocenters. The van der Waals surface area contributed by atoms with Gasteiger partial charge >= 0.3 is 6.18 Å². The molecule has 3 aromatic heterocycles. The van der Waals surface area contributed by atoms with Crippen LogP contribution in [0.5, 0.6) is 5.75 Å². The number of carbonyl (C=O) groups excluding carboxylic acids is 2. The maximum Gasteiger partial charge on any atom is 0.424 e. The number of nitrogens with one attached hydrogen (secondary N) is 1. The molecule has 10 nitrogen and oxygen atoms in total. The third kappa shape index (κ3) is 4.29. The van der Waals surface area contributed by atoms with Crippen molar-refractivity contribution in [3.63, 3.8) is 0 Å². The summed E-state index contributed by atoms with van der Waals surface area (Å²) in [6.45, 7) is 1.41. The van der Waals surface area contributed by atoms with Gasteiger partial charge in [-0.15, -0.1) is 0 Å². The zero-order valence-electron chi connectivity index (χ0n) is 21.1. The van der Waals surface area contributed by atoms with Gasteiger partial charge in [-0.25, -0.2) is 18.9 Å². The van der Waals surface area contributed by atoms with Crippen molar-refractivity contribution < 1.29 is 37.0 Å². The van der Waals surface area contributed by atoms with Gasteiger partial charge in [0, 0.05) is 23.0 Å². The highest BCUT2D eigenvalue weighted by Gasteiger charge is 2.57. The summed E-state index contributed by atoms with van der Waals surface area (Å²) in [7, 11) is 0. The molecule has 0 radical (unpaired) electrons. The van der Waals surface area contributed by atoms with E-state index in [-0.39, 0.29) is 40.4 Å². The number of fused-ring (bicyclic) bond motifs is 2. The second kappa shape index (κ2) is 9.26. The Bertz CT molecular complexity index is 1660. The van der Waals surface area contributed by atoms with E-state index in [2.05, 4.69) is 20.4 Å². The van der Waals surface area contributed by atoms with Crippen molar-refractivity contribution in [2.75, 3.05) is 13.2 Å². The van der Waals surface area contributed by atoms with Crippen LogP contribution < -0.4 is 15.8 Å². The van der Waals surface area contributed by atoms with E-state index in [1.807, 2.05) is 0 Å². The van der Waals surface area contributed by atoms with Gasteiger partial charge in [-0.05, 0) is 50.2 Å². The molecule has 0 aliphatic carbocycles. The van der Waals surface area contributed by atoms with Gasteiger partial charge in [0.25, 0.3) is 5.91 Å². The number of ether oxygens (including phenoxy) is 1. The van der Waals surface area contributed by atoms with Crippen molar-refractivity contribution in [3.05, 3.63) is 77.1 Å². The highest BCUT2D eigenvalue weighted by Crippen LogP contribution is 2.47. The molecule has 40 heavy (non-hydrogen) atoms. The summed E-state index contributed by atoms with van der Waals surface area (Å²) in [6.07, 6.45) is -2.68.